The SMILES string of the molecule is O=C(CBr)NC12CCC1CNC2. The average Bonchev–Trinajstić information content (AvgIpc) is 2.31. The van der Waals surface area contributed by atoms with Crippen LogP contribution in [0.4, 0.5) is 0 Å². The molecule has 68 valence electrons. The summed E-state index contributed by atoms with van der Waals surface area (Å²) < 4.78 is 0. The topological polar surface area (TPSA) is 41.1 Å². The van der Waals surface area contributed by atoms with E-state index < -0.39 is 0 Å². The monoisotopic (exact) mass is 232 g/mol. The second kappa shape index (κ2) is 3.00. The predicted octanol–water partition coefficient (Wildman–Crippen LogP) is 0.249. The van der Waals surface area contributed by atoms with Crippen LogP contribution in [0.5, 0.6) is 0 Å². The molecule has 1 amide bonds. The highest BCUT2D eigenvalue weighted by Gasteiger charge is 2.50. The van der Waals surface area contributed by atoms with Gasteiger partial charge in [0, 0.05) is 13.1 Å². The van der Waals surface area contributed by atoms with Gasteiger partial charge in [-0.3, -0.25) is 4.79 Å². The van der Waals surface area contributed by atoms with Crippen LogP contribution in [0.3, 0.4) is 0 Å². The average molecular weight is 233 g/mol. The van der Waals surface area contributed by atoms with E-state index in [0.29, 0.717) is 11.2 Å². The van der Waals surface area contributed by atoms with Crippen molar-refractivity contribution in [1.29, 1.82) is 0 Å². The maximum Gasteiger partial charge on any atom is 0.231 e. The third-order valence-corrected chi connectivity index (χ3v) is 3.57. The number of amides is 1. The van der Waals surface area contributed by atoms with Crippen LogP contribution in [0.1, 0.15) is 12.8 Å². The van der Waals surface area contributed by atoms with E-state index in [1.54, 1.807) is 0 Å². The second-order valence-corrected chi connectivity index (χ2v) is 4.27. The van der Waals surface area contributed by atoms with E-state index in [-0.39, 0.29) is 11.4 Å². The Morgan fingerprint density at radius 3 is 3.08 bits per heavy atom. The van der Waals surface area contributed by atoms with Gasteiger partial charge in [-0.1, -0.05) is 15.9 Å². The van der Waals surface area contributed by atoms with Gasteiger partial charge in [-0.05, 0) is 18.8 Å². The molecule has 1 aliphatic heterocycles. The Balaban J connectivity index is 1.97. The van der Waals surface area contributed by atoms with Gasteiger partial charge in [-0.2, -0.15) is 0 Å². The zero-order chi connectivity index (χ0) is 8.60. The molecule has 0 aromatic rings. The third kappa shape index (κ3) is 1.17. The van der Waals surface area contributed by atoms with Crippen molar-refractivity contribution in [3.63, 3.8) is 0 Å². The Kier molecular flexibility index (Phi) is 2.12. The fraction of sp³-hybridized carbons (Fsp3) is 0.875. The number of carbonyl (C=O) groups excluding carboxylic acids is 1. The number of rotatable bonds is 2. The molecule has 0 spiro atoms. The molecule has 1 heterocycles. The lowest BCUT2D eigenvalue weighted by atomic mass is 9.69. The van der Waals surface area contributed by atoms with Crippen molar-refractivity contribution in [2.24, 2.45) is 5.92 Å². The zero-order valence-corrected chi connectivity index (χ0v) is 8.49. The molecule has 2 rings (SSSR count). The van der Waals surface area contributed by atoms with Gasteiger partial charge in [0.2, 0.25) is 5.91 Å². The van der Waals surface area contributed by atoms with E-state index in [2.05, 4.69) is 26.6 Å². The van der Waals surface area contributed by atoms with Gasteiger partial charge >= 0.3 is 0 Å². The van der Waals surface area contributed by atoms with Gasteiger partial charge in [0.25, 0.3) is 0 Å². The van der Waals surface area contributed by atoms with E-state index in [1.165, 1.54) is 6.42 Å². The summed E-state index contributed by atoms with van der Waals surface area (Å²) >= 11 is 3.16. The molecule has 0 aromatic heterocycles. The van der Waals surface area contributed by atoms with Gasteiger partial charge in [0.1, 0.15) is 0 Å². The van der Waals surface area contributed by atoms with E-state index in [0.717, 1.165) is 19.5 Å². The quantitative estimate of drug-likeness (QED) is 0.671. The fourth-order valence-corrected chi connectivity index (χ4v) is 2.36. The standard InChI is InChI=1S/C8H13BrN2O/c9-3-7(12)11-8-2-1-6(8)4-10-5-8/h6,10H,1-5H2,(H,11,12). The van der Waals surface area contributed by atoms with Crippen molar-refractivity contribution in [2.45, 2.75) is 18.4 Å². The third-order valence-electron chi connectivity index (χ3n) is 3.06. The van der Waals surface area contributed by atoms with Crippen LogP contribution in [0.15, 0.2) is 0 Å². The number of carbonyl (C=O) groups is 1. The molecule has 2 atom stereocenters. The molecule has 2 fully saturated rings. The van der Waals surface area contributed by atoms with E-state index in [4.69, 9.17) is 0 Å². The first-order valence-corrected chi connectivity index (χ1v) is 5.47. The van der Waals surface area contributed by atoms with Crippen molar-refractivity contribution in [3.8, 4) is 0 Å². The van der Waals surface area contributed by atoms with Crippen LogP contribution in [-0.4, -0.2) is 29.9 Å². The summed E-state index contributed by atoms with van der Waals surface area (Å²) in [5.41, 5.74) is 0.116. The summed E-state index contributed by atoms with van der Waals surface area (Å²) in [6.45, 7) is 2.03. The molecule has 2 unspecified atom stereocenters. The van der Waals surface area contributed by atoms with Gasteiger partial charge in [0.05, 0.1) is 10.9 Å². The van der Waals surface area contributed by atoms with Gasteiger partial charge < -0.3 is 10.6 Å². The minimum Gasteiger partial charge on any atom is -0.348 e. The van der Waals surface area contributed by atoms with Gasteiger partial charge in [-0.25, -0.2) is 0 Å². The lowest BCUT2D eigenvalue weighted by Crippen LogP contribution is -2.60. The largest absolute Gasteiger partial charge is 0.348 e. The molecule has 1 aliphatic carbocycles. The van der Waals surface area contributed by atoms with Crippen LogP contribution in [-0.2, 0) is 4.79 Å². The van der Waals surface area contributed by atoms with Crippen LogP contribution in [0.25, 0.3) is 0 Å². The lowest BCUT2D eigenvalue weighted by Gasteiger charge is -2.44. The van der Waals surface area contributed by atoms with Crippen molar-refractivity contribution >= 4 is 21.8 Å². The molecule has 12 heavy (non-hydrogen) atoms. The summed E-state index contributed by atoms with van der Waals surface area (Å²) in [4.78, 5) is 11.2. The number of alkyl halides is 1. The van der Waals surface area contributed by atoms with Crippen molar-refractivity contribution < 1.29 is 4.79 Å². The zero-order valence-electron chi connectivity index (χ0n) is 6.90. The molecule has 0 radical (unpaired) electrons. The number of hydrogen-bond acceptors (Lipinski definition) is 2. The number of nitrogens with one attached hydrogen (secondary N) is 2. The first kappa shape index (κ1) is 8.51. The Bertz CT molecular complexity index is 209. The van der Waals surface area contributed by atoms with Crippen LogP contribution in [0.2, 0.25) is 0 Å². The normalized spacial score (nSPS) is 38.6. The van der Waals surface area contributed by atoms with Crippen LogP contribution >= 0.6 is 15.9 Å². The highest BCUT2D eigenvalue weighted by molar-refractivity contribution is 9.09. The maximum atomic E-state index is 11.2. The Labute approximate surface area is 80.4 Å². The molecular formula is C8H13BrN2O. The molecule has 0 bridgehead atoms. The summed E-state index contributed by atoms with van der Waals surface area (Å²) in [6.07, 6.45) is 2.40. The van der Waals surface area contributed by atoms with E-state index in [9.17, 15) is 4.79 Å². The van der Waals surface area contributed by atoms with Crippen LogP contribution in [0, 0.1) is 5.92 Å². The summed E-state index contributed by atoms with van der Waals surface area (Å²) in [5.74, 6) is 0.795. The molecule has 1 saturated heterocycles. The lowest BCUT2D eigenvalue weighted by molar-refractivity contribution is -0.121. The number of fused-ring (bicyclic) bond motifs is 1. The van der Waals surface area contributed by atoms with Gasteiger partial charge in [-0.15, -0.1) is 0 Å². The summed E-state index contributed by atoms with van der Waals surface area (Å²) in [6, 6.07) is 0. The molecular weight excluding hydrogens is 220 g/mol. The van der Waals surface area contributed by atoms with E-state index in [1.807, 2.05) is 0 Å². The first-order chi connectivity index (χ1) is 5.77. The fourth-order valence-electron chi connectivity index (χ4n) is 2.22. The molecule has 1 saturated carbocycles. The second-order valence-electron chi connectivity index (χ2n) is 3.70. The van der Waals surface area contributed by atoms with E-state index >= 15 is 0 Å². The Morgan fingerprint density at radius 1 is 1.75 bits per heavy atom. The molecule has 2 N–H and O–H groups in total. The first-order valence-electron chi connectivity index (χ1n) is 4.34. The minimum absolute atomic E-state index is 0.114. The highest BCUT2D eigenvalue weighted by Crippen LogP contribution is 2.40. The highest BCUT2D eigenvalue weighted by atomic mass is 79.9. The molecule has 2 aliphatic rings. The minimum atomic E-state index is 0.114. The Morgan fingerprint density at radius 2 is 2.58 bits per heavy atom. The maximum absolute atomic E-state index is 11.2. The van der Waals surface area contributed by atoms with Crippen LogP contribution < -0.4 is 10.6 Å². The molecule has 0 aromatic carbocycles. The predicted molar refractivity (Wildman–Crippen MR) is 50.3 cm³/mol. The smallest absolute Gasteiger partial charge is 0.231 e. The summed E-state index contributed by atoms with van der Waals surface area (Å²) in [7, 11) is 0. The molecule has 4 heteroatoms. The van der Waals surface area contributed by atoms with Gasteiger partial charge in [0.15, 0.2) is 0 Å². The van der Waals surface area contributed by atoms with Crippen molar-refractivity contribution in [3.05, 3.63) is 0 Å². The Hall–Kier alpha value is -0.0900. The molecule has 3 nitrogen and oxygen atoms in total. The number of hydrogen-bond donors (Lipinski definition) is 2. The van der Waals surface area contributed by atoms with Crippen molar-refractivity contribution in [2.75, 3.05) is 18.4 Å². The van der Waals surface area contributed by atoms with Crippen molar-refractivity contribution in [1.82, 2.24) is 10.6 Å². The summed E-state index contributed by atoms with van der Waals surface area (Å²) in [5, 5.41) is 6.84. The number of halogens is 1.